The van der Waals surface area contributed by atoms with Crippen LogP contribution in [0, 0.1) is 0 Å². The molecule has 0 bridgehead atoms. The number of hydrogen-bond donors (Lipinski definition) is 3. The molecule has 0 spiro atoms. The zero-order chi connectivity index (χ0) is 47.4. The topological polar surface area (TPSA) is 215 Å². The van der Waals surface area contributed by atoms with E-state index in [9.17, 15) is 28.8 Å². The highest BCUT2D eigenvalue weighted by Gasteiger charge is 2.34. The summed E-state index contributed by atoms with van der Waals surface area (Å²) < 4.78 is 15.3. The van der Waals surface area contributed by atoms with Crippen LogP contribution in [0.1, 0.15) is 54.7 Å². The highest BCUT2D eigenvalue weighted by atomic mass is 35.5. The molecule has 0 radical (unpaired) electrons. The molecule has 5 aromatic rings. The van der Waals surface area contributed by atoms with Crippen LogP contribution in [0.25, 0.3) is 6.08 Å². The predicted octanol–water partition coefficient (Wildman–Crippen LogP) is 9.73. The number of halogens is 6. The maximum Gasteiger partial charge on any atom is 0.341 e. The molecule has 2 aromatic heterocycles. The Kier molecular flexibility index (Phi) is 22.7. The second-order valence-electron chi connectivity index (χ2n) is 12.3. The number of nitrogens with two attached hydrogens (primary N) is 1. The second kappa shape index (κ2) is 26.7. The zero-order valence-electron chi connectivity index (χ0n) is 34.3. The number of carbonyl (C=O) groups excluding carboxylic acids is 6. The third-order valence-electron chi connectivity index (χ3n) is 7.91. The number of rotatable bonds is 8. The van der Waals surface area contributed by atoms with E-state index in [0.29, 0.717) is 65.2 Å². The van der Waals surface area contributed by atoms with Gasteiger partial charge in [-0.3, -0.25) is 24.3 Å². The molecule has 3 heterocycles. The van der Waals surface area contributed by atoms with Crippen molar-refractivity contribution in [3.8, 4) is 0 Å². The third kappa shape index (κ3) is 16.2. The Bertz CT molecular complexity index is 2470. The SMILES string of the molecule is COC(=O)C(=Cc1cccc(Cl)c1Cl)C(C)=O.COC(=O)C1=C(C)Nc2ccnn2C1c1cccc(Cl)c1Cl.COC(=O)CC(C)=O.Nc1ccn[nH]1.O=Cc1cccc(Cl)c1Cl. The zero-order valence-corrected chi connectivity index (χ0v) is 38.8. The number of nitrogen functional groups attached to an aromatic ring is 1. The summed E-state index contributed by atoms with van der Waals surface area (Å²) in [5, 5.41) is 15.7. The molecule has 15 nitrogen and oxygen atoms in total. The number of esters is 3. The lowest BCUT2D eigenvalue weighted by molar-refractivity contribution is -0.143. The predicted molar refractivity (Wildman–Crippen MR) is 244 cm³/mol. The van der Waals surface area contributed by atoms with E-state index in [1.165, 1.54) is 41.3 Å². The lowest BCUT2D eigenvalue weighted by Gasteiger charge is -2.29. The van der Waals surface area contributed by atoms with E-state index < -0.39 is 29.7 Å². The van der Waals surface area contributed by atoms with Crippen LogP contribution in [0.5, 0.6) is 0 Å². The highest BCUT2D eigenvalue weighted by Crippen LogP contribution is 2.40. The summed E-state index contributed by atoms with van der Waals surface area (Å²) in [6.07, 6.45) is 5.18. The molecule has 4 N–H and O–H groups in total. The fourth-order valence-corrected chi connectivity index (χ4v) is 6.08. The third-order valence-corrected chi connectivity index (χ3v) is 10.4. The molecule has 0 amide bonds. The van der Waals surface area contributed by atoms with Gasteiger partial charge in [-0.1, -0.05) is 106 Å². The van der Waals surface area contributed by atoms with Gasteiger partial charge in [0.25, 0.3) is 0 Å². The molecular formula is C42H40Cl6N6O9. The number of aromatic nitrogens is 4. The minimum absolute atomic E-state index is 0.0725. The van der Waals surface area contributed by atoms with Crippen LogP contribution >= 0.6 is 69.6 Å². The molecule has 6 rings (SSSR count). The van der Waals surface area contributed by atoms with Crippen molar-refractivity contribution in [2.45, 2.75) is 33.2 Å². The molecule has 334 valence electrons. The lowest BCUT2D eigenvalue weighted by atomic mass is 9.95. The number of carbonyl (C=O) groups is 6. The number of ether oxygens (including phenoxy) is 3. The molecule has 0 saturated carbocycles. The van der Waals surface area contributed by atoms with Gasteiger partial charge in [-0.05, 0) is 56.7 Å². The number of ketones is 2. The van der Waals surface area contributed by atoms with Crippen LogP contribution < -0.4 is 11.1 Å². The van der Waals surface area contributed by atoms with Gasteiger partial charge in [0.1, 0.15) is 35.5 Å². The molecule has 0 aliphatic carbocycles. The van der Waals surface area contributed by atoms with Gasteiger partial charge in [-0.2, -0.15) is 10.2 Å². The van der Waals surface area contributed by atoms with E-state index in [1.807, 2.05) is 19.1 Å². The number of allylic oxidation sites excluding steroid dienone is 1. The summed E-state index contributed by atoms with van der Waals surface area (Å²) >= 11 is 35.5. The first kappa shape index (κ1) is 53.5. The Morgan fingerprint density at radius 2 is 1.33 bits per heavy atom. The number of nitrogens with one attached hydrogen (secondary N) is 2. The number of benzene rings is 3. The first-order chi connectivity index (χ1) is 29.8. The van der Waals surface area contributed by atoms with Gasteiger partial charge >= 0.3 is 17.9 Å². The Hall–Kier alpha value is -5.68. The number of methoxy groups -OCH3 is 3. The highest BCUT2D eigenvalue weighted by molar-refractivity contribution is 6.44. The number of aromatic amines is 1. The summed E-state index contributed by atoms with van der Waals surface area (Å²) in [6, 6.07) is 18.2. The molecule has 63 heavy (non-hydrogen) atoms. The number of aldehydes is 1. The summed E-state index contributed by atoms with van der Waals surface area (Å²) in [6.45, 7) is 4.44. The number of anilines is 2. The fraction of sp³-hybridized carbons (Fsp3) is 0.190. The van der Waals surface area contributed by atoms with Crippen LogP contribution in [-0.4, -0.2) is 77.1 Å². The largest absolute Gasteiger partial charge is 0.469 e. The fourth-order valence-electron chi connectivity index (χ4n) is 4.95. The van der Waals surface area contributed by atoms with Gasteiger partial charge in [0.05, 0.1) is 69.4 Å². The maximum absolute atomic E-state index is 12.3. The van der Waals surface area contributed by atoms with Crippen molar-refractivity contribution in [3.63, 3.8) is 0 Å². The molecule has 1 aliphatic rings. The molecular weight excluding hydrogens is 945 g/mol. The summed E-state index contributed by atoms with van der Waals surface area (Å²) in [4.78, 5) is 65.4. The minimum atomic E-state index is -0.700. The van der Waals surface area contributed by atoms with Crippen molar-refractivity contribution < 1.29 is 43.0 Å². The van der Waals surface area contributed by atoms with Gasteiger partial charge in [-0.15, -0.1) is 0 Å². The number of fused-ring (bicyclic) bond motifs is 1. The molecule has 3 aromatic carbocycles. The van der Waals surface area contributed by atoms with E-state index in [4.69, 9.17) is 80.1 Å². The Labute approximate surface area is 392 Å². The first-order valence-corrected chi connectivity index (χ1v) is 20.1. The summed E-state index contributed by atoms with van der Waals surface area (Å²) in [5.74, 6) is -0.802. The van der Waals surface area contributed by atoms with Crippen molar-refractivity contribution in [3.05, 3.63) is 143 Å². The average Bonchev–Trinajstić information content (AvgIpc) is 3.94. The van der Waals surface area contributed by atoms with Crippen LogP contribution in [0.3, 0.4) is 0 Å². The van der Waals surface area contributed by atoms with Gasteiger partial charge in [-0.25, -0.2) is 14.3 Å². The van der Waals surface area contributed by atoms with E-state index >= 15 is 0 Å². The maximum atomic E-state index is 12.3. The van der Waals surface area contributed by atoms with Crippen LogP contribution in [0.2, 0.25) is 30.1 Å². The Balaban J connectivity index is 0.000000294. The molecule has 21 heteroatoms. The van der Waals surface area contributed by atoms with Crippen LogP contribution in [-0.2, 0) is 38.2 Å². The molecule has 0 saturated heterocycles. The molecule has 1 atom stereocenters. The van der Waals surface area contributed by atoms with E-state index in [2.05, 4.69) is 30.1 Å². The monoisotopic (exact) mass is 982 g/mol. The van der Waals surface area contributed by atoms with Crippen molar-refractivity contribution in [1.82, 2.24) is 20.0 Å². The number of nitrogens with zero attached hydrogens (tertiary/aromatic N) is 3. The van der Waals surface area contributed by atoms with Crippen molar-refractivity contribution in [1.29, 1.82) is 0 Å². The molecule has 0 fully saturated rings. The number of Topliss-reactive ketones (excluding diaryl/α,β-unsaturated/α-hetero) is 2. The Morgan fingerprint density at radius 3 is 1.78 bits per heavy atom. The second-order valence-corrected chi connectivity index (χ2v) is 14.7. The van der Waals surface area contributed by atoms with Crippen LogP contribution in [0.15, 0.2) is 96.0 Å². The van der Waals surface area contributed by atoms with Crippen molar-refractivity contribution >= 4 is 123 Å². The van der Waals surface area contributed by atoms with Crippen molar-refractivity contribution in [2.75, 3.05) is 32.4 Å². The van der Waals surface area contributed by atoms with Gasteiger partial charge in [0.2, 0.25) is 0 Å². The van der Waals surface area contributed by atoms with E-state index in [1.54, 1.807) is 71.7 Å². The summed E-state index contributed by atoms with van der Waals surface area (Å²) in [5.41, 5.74) is 7.84. The van der Waals surface area contributed by atoms with Gasteiger partial charge in [0, 0.05) is 22.9 Å². The standard InChI is InChI=1S/C15H13Cl2N3O2.C12H10Cl2O3.C7H4Cl2O.C5H8O3.C3H5N3/c1-8-12(15(21)22-2)14(20-11(19-8)6-7-18-20)9-4-3-5-10(16)13(9)17;1-7(15)9(12(16)17-2)6-8-4-3-5-10(13)11(8)14;8-6-3-1-2-5(4-10)7(6)9;1-4(6)3-5(7)8-2;4-3-1-2-5-6-3/h3-7,14,19H,1-2H3;3-6H,1-2H3;1-4H;3H2,1-2H3;1-2H,(H3,4,5,6). The van der Waals surface area contributed by atoms with E-state index in [0.717, 1.165) is 5.82 Å². The number of H-pyrrole nitrogens is 1. The number of hydrogen-bond acceptors (Lipinski definition) is 13. The quantitative estimate of drug-likeness (QED) is 0.0330. The van der Waals surface area contributed by atoms with Crippen molar-refractivity contribution in [2.24, 2.45) is 0 Å². The van der Waals surface area contributed by atoms with E-state index in [-0.39, 0.29) is 22.8 Å². The smallest absolute Gasteiger partial charge is 0.341 e. The molecule has 1 unspecified atom stereocenters. The Morgan fingerprint density at radius 1 is 0.762 bits per heavy atom. The lowest BCUT2D eigenvalue weighted by Crippen LogP contribution is -2.29. The first-order valence-electron chi connectivity index (χ1n) is 17.8. The summed E-state index contributed by atoms with van der Waals surface area (Å²) in [7, 11) is 3.81. The average molecular weight is 986 g/mol. The van der Waals surface area contributed by atoms with Gasteiger partial charge < -0.3 is 25.3 Å². The van der Waals surface area contributed by atoms with Gasteiger partial charge in [0.15, 0.2) is 12.1 Å². The molecule has 1 aliphatic heterocycles. The normalized spacial score (nSPS) is 12.3. The minimum Gasteiger partial charge on any atom is -0.469 e. The van der Waals surface area contributed by atoms with Crippen LogP contribution in [0.4, 0.5) is 11.6 Å².